The van der Waals surface area contributed by atoms with Crippen molar-refractivity contribution in [2.24, 2.45) is 0 Å². The Morgan fingerprint density at radius 2 is 2.33 bits per heavy atom. The van der Waals surface area contributed by atoms with E-state index in [1.807, 2.05) is 6.07 Å². The number of hydrogen-bond acceptors (Lipinski definition) is 3. The van der Waals surface area contributed by atoms with Crippen LogP contribution in [0.5, 0.6) is 5.75 Å². The fourth-order valence-corrected chi connectivity index (χ4v) is 2.09. The molecule has 0 saturated carbocycles. The Labute approximate surface area is 104 Å². The van der Waals surface area contributed by atoms with E-state index in [-0.39, 0.29) is 18.4 Å². The predicted molar refractivity (Wildman–Crippen MR) is 63.4 cm³/mol. The molecule has 2 amide bonds. The zero-order valence-electron chi connectivity index (χ0n) is 9.84. The van der Waals surface area contributed by atoms with Gasteiger partial charge in [-0.15, -0.1) is 0 Å². The van der Waals surface area contributed by atoms with Crippen molar-refractivity contribution in [2.75, 3.05) is 7.11 Å². The van der Waals surface area contributed by atoms with Crippen LogP contribution in [0.1, 0.15) is 18.0 Å². The average molecular weight is 250 g/mol. The number of carbonyl (C=O) groups excluding carboxylic acids is 1. The first-order valence-electron chi connectivity index (χ1n) is 5.53. The third-order valence-electron chi connectivity index (χ3n) is 2.89. The molecule has 1 aromatic carbocycles. The lowest BCUT2D eigenvalue weighted by Gasteiger charge is -2.19. The van der Waals surface area contributed by atoms with Gasteiger partial charge in [0.25, 0.3) is 0 Å². The second-order valence-electron chi connectivity index (χ2n) is 4.08. The van der Waals surface area contributed by atoms with Gasteiger partial charge in [0.15, 0.2) is 0 Å². The Bertz CT molecular complexity index is 475. The summed E-state index contributed by atoms with van der Waals surface area (Å²) in [7, 11) is 1.55. The maximum Gasteiger partial charge on any atom is 0.404 e. The molecule has 1 saturated heterocycles. The summed E-state index contributed by atoms with van der Waals surface area (Å²) in [5.74, 6) is 0.504. The Morgan fingerprint density at radius 1 is 1.56 bits per heavy atom. The topological polar surface area (TPSA) is 87.7 Å². The van der Waals surface area contributed by atoms with Crippen LogP contribution in [0.15, 0.2) is 24.3 Å². The molecule has 1 aromatic rings. The van der Waals surface area contributed by atoms with Crippen molar-refractivity contribution in [3.63, 3.8) is 0 Å². The Morgan fingerprint density at radius 3 is 3.00 bits per heavy atom. The Balaban J connectivity index is 2.23. The van der Waals surface area contributed by atoms with Crippen molar-refractivity contribution in [3.8, 4) is 5.75 Å². The van der Waals surface area contributed by atoms with E-state index in [4.69, 9.17) is 9.84 Å². The van der Waals surface area contributed by atoms with E-state index in [0.717, 1.165) is 5.56 Å². The SMILES string of the molecule is COc1cccc(C2NC(=O)CC2NC(=O)O)c1. The van der Waals surface area contributed by atoms with Gasteiger partial charge in [-0.05, 0) is 17.7 Å². The molecule has 0 aromatic heterocycles. The molecule has 6 nitrogen and oxygen atoms in total. The fourth-order valence-electron chi connectivity index (χ4n) is 2.09. The van der Waals surface area contributed by atoms with Crippen molar-refractivity contribution in [1.29, 1.82) is 0 Å². The maximum atomic E-state index is 11.4. The van der Waals surface area contributed by atoms with Gasteiger partial charge in [0.1, 0.15) is 5.75 Å². The number of ether oxygens (including phenoxy) is 1. The van der Waals surface area contributed by atoms with Gasteiger partial charge in [0.05, 0.1) is 19.2 Å². The Hall–Kier alpha value is -2.24. The Kier molecular flexibility index (Phi) is 3.36. The molecule has 3 N–H and O–H groups in total. The van der Waals surface area contributed by atoms with E-state index in [9.17, 15) is 9.59 Å². The highest BCUT2D eigenvalue weighted by molar-refractivity contribution is 5.81. The summed E-state index contributed by atoms with van der Waals surface area (Å²) in [6.07, 6.45) is -0.988. The number of amides is 2. The lowest BCUT2D eigenvalue weighted by molar-refractivity contribution is -0.119. The highest BCUT2D eigenvalue weighted by Crippen LogP contribution is 2.27. The molecule has 96 valence electrons. The monoisotopic (exact) mass is 250 g/mol. The summed E-state index contributed by atoms with van der Waals surface area (Å²) in [6.45, 7) is 0. The minimum atomic E-state index is -1.13. The zero-order chi connectivity index (χ0) is 13.1. The molecule has 2 unspecified atom stereocenters. The summed E-state index contributed by atoms with van der Waals surface area (Å²) >= 11 is 0. The number of methoxy groups -OCH3 is 1. The molecule has 6 heteroatoms. The maximum absolute atomic E-state index is 11.4. The molecule has 0 radical (unpaired) electrons. The van der Waals surface area contributed by atoms with Crippen LogP contribution in [0.25, 0.3) is 0 Å². The van der Waals surface area contributed by atoms with Gasteiger partial charge in [-0.3, -0.25) is 4.79 Å². The molecule has 0 aliphatic carbocycles. The van der Waals surface area contributed by atoms with E-state index in [1.54, 1.807) is 25.3 Å². The molecule has 2 rings (SSSR count). The predicted octanol–water partition coefficient (Wildman–Crippen LogP) is 0.892. The number of nitrogens with one attached hydrogen (secondary N) is 2. The highest BCUT2D eigenvalue weighted by atomic mass is 16.5. The van der Waals surface area contributed by atoms with Crippen LogP contribution >= 0.6 is 0 Å². The second kappa shape index (κ2) is 4.95. The number of rotatable bonds is 3. The molecule has 1 aliphatic heterocycles. The van der Waals surface area contributed by atoms with Crippen molar-refractivity contribution in [2.45, 2.75) is 18.5 Å². The largest absolute Gasteiger partial charge is 0.497 e. The lowest BCUT2D eigenvalue weighted by atomic mass is 10.0. The number of carbonyl (C=O) groups is 2. The van der Waals surface area contributed by atoms with Crippen LogP contribution in [-0.2, 0) is 4.79 Å². The minimum Gasteiger partial charge on any atom is -0.497 e. The van der Waals surface area contributed by atoms with E-state index >= 15 is 0 Å². The van der Waals surface area contributed by atoms with Crippen molar-refractivity contribution >= 4 is 12.0 Å². The second-order valence-corrected chi connectivity index (χ2v) is 4.08. The summed E-state index contributed by atoms with van der Waals surface area (Å²) in [6, 6.07) is 6.39. The normalized spacial score (nSPS) is 22.4. The van der Waals surface area contributed by atoms with Crippen LogP contribution < -0.4 is 15.4 Å². The third-order valence-corrected chi connectivity index (χ3v) is 2.89. The molecule has 1 fully saturated rings. The molecule has 0 spiro atoms. The molecule has 1 heterocycles. The van der Waals surface area contributed by atoms with Crippen LogP contribution in [0.4, 0.5) is 4.79 Å². The molecule has 2 atom stereocenters. The van der Waals surface area contributed by atoms with Gasteiger partial charge in [0.2, 0.25) is 5.91 Å². The van der Waals surface area contributed by atoms with Gasteiger partial charge < -0.3 is 20.5 Å². The van der Waals surface area contributed by atoms with Crippen molar-refractivity contribution < 1.29 is 19.4 Å². The quantitative estimate of drug-likeness (QED) is 0.743. The number of carboxylic acid groups (broad SMARTS) is 1. The minimum absolute atomic E-state index is 0.147. The molecule has 0 bridgehead atoms. The van der Waals surface area contributed by atoms with Gasteiger partial charge in [0, 0.05) is 6.42 Å². The van der Waals surface area contributed by atoms with Crippen LogP contribution in [0.3, 0.4) is 0 Å². The lowest BCUT2D eigenvalue weighted by Crippen LogP contribution is -2.37. The summed E-state index contributed by atoms with van der Waals surface area (Å²) in [5.41, 5.74) is 0.818. The van der Waals surface area contributed by atoms with Crippen molar-refractivity contribution in [1.82, 2.24) is 10.6 Å². The first kappa shape index (κ1) is 12.2. The summed E-state index contributed by atoms with van der Waals surface area (Å²) < 4.78 is 5.11. The highest BCUT2D eigenvalue weighted by Gasteiger charge is 2.34. The van der Waals surface area contributed by atoms with Crippen LogP contribution in [0.2, 0.25) is 0 Å². The first-order valence-corrected chi connectivity index (χ1v) is 5.53. The van der Waals surface area contributed by atoms with Gasteiger partial charge in [-0.2, -0.15) is 0 Å². The molecular formula is C12H14N2O4. The van der Waals surface area contributed by atoms with Gasteiger partial charge in [-0.25, -0.2) is 4.79 Å². The average Bonchev–Trinajstić information content (AvgIpc) is 2.69. The molecular weight excluding hydrogens is 236 g/mol. The van der Waals surface area contributed by atoms with E-state index < -0.39 is 12.1 Å². The van der Waals surface area contributed by atoms with Gasteiger partial charge in [-0.1, -0.05) is 12.1 Å². The van der Waals surface area contributed by atoms with Crippen LogP contribution in [0, 0.1) is 0 Å². The fraction of sp³-hybridized carbons (Fsp3) is 0.333. The smallest absolute Gasteiger partial charge is 0.404 e. The van der Waals surface area contributed by atoms with E-state index in [0.29, 0.717) is 5.75 Å². The van der Waals surface area contributed by atoms with Crippen LogP contribution in [-0.4, -0.2) is 30.3 Å². The van der Waals surface area contributed by atoms with Gasteiger partial charge >= 0.3 is 6.09 Å². The third kappa shape index (κ3) is 2.53. The molecule has 18 heavy (non-hydrogen) atoms. The standard InChI is InChI=1S/C12H14N2O4/c1-18-8-4-2-3-7(5-8)11-9(13-12(16)17)6-10(15)14-11/h2-5,9,11,13H,6H2,1H3,(H,14,15)(H,16,17). The zero-order valence-corrected chi connectivity index (χ0v) is 9.84. The number of hydrogen-bond donors (Lipinski definition) is 3. The summed E-state index contributed by atoms with van der Waals surface area (Å²) in [5, 5.41) is 13.9. The van der Waals surface area contributed by atoms with E-state index in [1.165, 1.54) is 0 Å². The summed E-state index contributed by atoms with van der Waals surface area (Å²) in [4.78, 5) is 22.1. The first-order chi connectivity index (χ1) is 8.60. The molecule has 1 aliphatic rings. The van der Waals surface area contributed by atoms with Crippen molar-refractivity contribution in [3.05, 3.63) is 29.8 Å². The number of benzene rings is 1. The van der Waals surface area contributed by atoms with E-state index in [2.05, 4.69) is 10.6 Å².